The molecule has 6 heteroatoms. The number of nitro groups is 1. The van der Waals surface area contributed by atoms with Crippen molar-refractivity contribution in [3.63, 3.8) is 0 Å². The molecule has 92 valence electrons. The van der Waals surface area contributed by atoms with Gasteiger partial charge in [0.05, 0.1) is 4.92 Å². The van der Waals surface area contributed by atoms with Gasteiger partial charge in [-0.3, -0.25) is 10.1 Å². The van der Waals surface area contributed by atoms with Crippen molar-refractivity contribution in [1.82, 2.24) is 10.6 Å². The number of nitrogens with one attached hydrogen (secondary N) is 2. The first-order valence-corrected chi connectivity index (χ1v) is 5.51. The van der Waals surface area contributed by atoms with Gasteiger partial charge in [0.15, 0.2) is 5.82 Å². The summed E-state index contributed by atoms with van der Waals surface area (Å²) >= 11 is 5.77. The van der Waals surface area contributed by atoms with Crippen molar-refractivity contribution < 1.29 is 4.92 Å². The molecular weight excluding hydrogens is 242 g/mol. The largest absolute Gasteiger partial charge is 0.370 e. The molecule has 1 aromatic rings. The monoisotopic (exact) mass is 255 g/mol. The minimum absolute atomic E-state index is 0.393. The van der Waals surface area contributed by atoms with Crippen molar-refractivity contribution in [2.75, 3.05) is 13.6 Å². The van der Waals surface area contributed by atoms with E-state index in [9.17, 15) is 10.1 Å². The summed E-state index contributed by atoms with van der Waals surface area (Å²) in [6.07, 6.45) is 1.68. The van der Waals surface area contributed by atoms with E-state index in [1.807, 2.05) is 24.3 Å². The van der Waals surface area contributed by atoms with Crippen LogP contribution in [0.25, 0.3) is 0 Å². The lowest BCUT2D eigenvalue weighted by Gasteiger charge is -2.07. The summed E-state index contributed by atoms with van der Waals surface area (Å²) in [5.74, 6) is 0.393. The Bertz CT molecular complexity index is 404. The Morgan fingerprint density at radius 2 is 2.12 bits per heavy atom. The Hall–Kier alpha value is -1.75. The highest BCUT2D eigenvalue weighted by atomic mass is 35.5. The molecule has 0 saturated heterocycles. The second-order valence-electron chi connectivity index (χ2n) is 3.38. The van der Waals surface area contributed by atoms with E-state index < -0.39 is 4.92 Å². The van der Waals surface area contributed by atoms with E-state index in [1.54, 1.807) is 7.05 Å². The SMILES string of the molecule is CN/C(=C\[N+](=O)[O-])NCCc1ccc(Cl)cc1. The number of hydrogen-bond acceptors (Lipinski definition) is 4. The Kier molecular flexibility index (Phi) is 5.29. The summed E-state index contributed by atoms with van der Waals surface area (Å²) in [6.45, 7) is 0.613. The highest BCUT2D eigenvalue weighted by molar-refractivity contribution is 6.30. The van der Waals surface area contributed by atoms with Crippen LogP contribution in [-0.4, -0.2) is 18.5 Å². The number of halogens is 1. The lowest BCUT2D eigenvalue weighted by Crippen LogP contribution is -2.26. The van der Waals surface area contributed by atoms with Gasteiger partial charge in [0, 0.05) is 18.6 Å². The van der Waals surface area contributed by atoms with Gasteiger partial charge < -0.3 is 10.6 Å². The molecule has 1 aromatic carbocycles. The van der Waals surface area contributed by atoms with Gasteiger partial charge in [-0.25, -0.2) is 0 Å². The fraction of sp³-hybridized carbons (Fsp3) is 0.273. The minimum Gasteiger partial charge on any atom is -0.370 e. The average molecular weight is 256 g/mol. The quantitative estimate of drug-likeness (QED) is 0.601. The molecule has 0 radical (unpaired) electrons. The average Bonchev–Trinajstić information content (AvgIpc) is 2.30. The van der Waals surface area contributed by atoms with Crippen LogP contribution in [0.4, 0.5) is 0 Å². The van der Waals surface area contributed by atoms with Crippen molar-refractivity contribution in [2.45, 2.75) is 6.42 Å². The van der Waals surface area contributed by atoms with Crippen LogP contribution in [0, 0.1) is 10.1 Å². The number of benzene rings is 1. The molecule has 1 rings (SSSR count). The standard InChI is InChI=1S/C11H14ClN3O2/c1-13-11(8-15(16)17)14-7-6-9-2-4-10(12)5-3-9/h2-5,8,13-14H,6-7H2,1H3/b11-8+. The third-order valence-corrected chi connectivity index (χ3v) is 2.40. The molecule has 0 aliphatic heterocycles. The first-order chi connectivity index (χ1) is 8.11. The molecule has 0 saturated carbocycles. The molecule has 0 amide bonds. The van der Waals surface area contributed by atoms with Crippen LogP contribution in [0.5, 0.6) is 0 Å². The second kappa shape index (κ2) is 6.75. The van der Waals surface area contributed by atoms with Crippen molar-refractivity contribution in [3.8, 4) is 0 Å². The minimum atomic E-state index is -0.499. The summed E-state index contributed by atoms with van der Waals surface area (Å²) in [5, 5.41) is 16.6. The zero-order valence-electron chi connectivity index (χ0n) is 9.44. The molecule has 0 fully saturated rings. The van der Waals surface area contributed by atoms with Gasteiger partial charge >= 0.3 is 0 Å². The molecule has 0 aromatic heterocycles. The van der Waals surface area contributed by atoms with E-state index in [1.165, 1.54) is 0 Å². The predicted molar refractivity (Wildman–Crippen MR) is 67.3 cm³/mol. The zero-order chi connectivity index (χ0) is 12.7. The molecule has 0 atom stereocenters. The van der Waals surface area contributed by atoms with Crippen LogP contribution in [0.3, 0.4) is 0 Å². The molecule has 0 heterocycles. The molecule has 0 unspecified atom stereocenters. The van der Waals surface area contributed by atoms with E-state index in [2.05, 4.69) is 10.6 Å². The van der Waals surface area contributed by atoms with Crippen molar-refractivity contribution >= 4 is 11.6 Å². The number of nitrogens with zero attached hydrogens (tertiary/aromatic N) is 1. The topological polar surface area (TPSA) is 67.2 Å². The van der Waals surface area contributed by atoms with Gasteiger partial charge in [-0.2, -0.15) is 0 Å². The maximum atomic E-state index is 10.3. The van der Waals surface area contributed by atoms with E-state index in [4.69, 9.17) is 11.6 Å². The van der Waals surface area contributed by atoms with Crippen LogP contribution in [0.2, 0.25) is 5.02 Å². The van der Waals surface area contributed by atoms with Crippen molar-refractivity contribution in [2.24, 2.45) is 0 Å². The molecule has 5 nitrogen and oxygen atoms in total. The summed E-state index contributed by atoms with van der Waals surface area (Å²) < 4.78 is 0. The molecular formula is C11H14ClN3O2. The second-order valence-corrected chi connectivity index (χ2v) is 3.82. The highest BCUT2D eigenvalue weighted by Gasteiger charge is 1.99. The number of rotatable bonds is 6. The van der Waals surface area contributed by atoms with Gasteiger partial charge in [0.25, 0.3) is 6.20 Å². The van der Waals surface area contributed by atoms with Gasteiger partial charge in [-0.1, -0.05) is 23.7 Å². The molecule has 0 bridgehead atoms. The Morgan fingerprint density at radius 3 is 2.65 bits per heavy atom. The Morgan fingerprint density at radius 1 is 1.47 bits per heavy atom. The lowest BCUT2D eigenvalue weighted by atomic mass is 10.1. The van der Waals surface area contributed by atoms with E-state index in [0.717, 1.165) is 18.2 Å². The first kappa shape index (κ1) is 13.3. The van der Waals surface area contributed by atoms with Gasteiger partial charge in [0.2, 0.25) is 0 Å². The van der Waals surface area contributed by atoms with Gasteiger partial charge in [-0.15, -0.1) is 0 Å². The van der Waals surface area contributed by atoms with Gasteiger partial charge in [-0.05, 0) is 24.1 Å². The zero-order valence-corrected chi connectivity index (χ0v) is 10.2. The van der Waals surface area contributed by atoms with E-state index in [0.29, 0.717) is 17.4 Å². The summed E-state index contributed by atoms with van der Waals surface area (Å²) in [7, 11) is 1.63. The van der Waals surface area contributed by atoms with Crippen molar-refractivity contribution in [3.05, 3.63) is 57.0 Å². The first-order valence-electron chi connectivity index (χ1n) is 5.13. The fourth-order valence-electron chi connectivity index (χ4n) is 1.30. The summed E-state index contributed by atoms with van der Waals surface area (Å²) in [5.41, 5.74) is 1.12. The Labute approximate surface area is 105 Å². The van der Waals surface area contributed by atoms with Gasteiger partial charge in [0.1, 0.15) is 0 Å². The maximum Gasteiger partial charge on any atom is 0.274 e. The number of hydrogen-bond donors (Lipinski definition) is 2. The molecule has 2 N–H and O–H groups in total. The van der Waals surface area contributed by atoms with Crippen LogP contribution >= 0.6 is 11.6 Å². The van der Waals surface area contributed by atoms with Crippen molar-refractivity contribution in [1.29, 1.82) is 0 Å². The normalized spacial score (nSPS) is 11.1. The molecule has 0 aliphatic rings. The summed E-state index contributed by atoms with van der Waals surface area (Å²) in [6, 6.07) is 7.51. The van der Waals surface area contributed by atoms with Crippen LogP contribution < -0.4 is 10.6 Å². The fourth-order valence-corrected chi connectivity index (χ4v) is 1.42. The lowest BCUT2D eigenvalue weighted by molar-refractivity contribution is -0.404. The molecule has 0 aliphatic carbocycles. The van der Waals surface area contributed by atoms with E-state index >= 15 is 0 Å². The summed E-state index contributed by atoms with van der Waals surface area (Å²) in [4.78, 5) is 9.77. The Balaban J connectivity index is 2.41. The molecule has 0 spiro atoms. The van der Waals surface area contributed by atoms with Crippen LogP contribution in [-0.2, 0) is 6.42 Å². The molecule has 17 heavy (non-hydrogen) atoms. The van der Waals surface area contributed by atoms with Crippen LogP contribution in [0.1, 0.15) is 5.56 Å². The smallest absolute Gasteiger partial charge is 0.274 e. The predicted octanol–water partition coefficient (Wildman–Crippen LogP) is 1.77. The maximum absolute atomic E-state index is 10.3. The van der Waals surface area contributed by atoms with Crippen LogP contribution in [0.15, 0.2) is 36.3 Å². The third kappa shape index (κ3) is 5.21. The third-order valence-electron chi connectivity index (χ3n) is 2.15. The highest BCUT2D eigenvalue weighted by Crippen LogP contribution is 2.09. The van der Waals surface area contributed by atoms with E-state index in [-0.39, 0.29) is 0 Å².